The highest BCUT2D eigenvalue weighted by atomic mass is 16.5. The van der Waals surface area contributed by atoms with E-state index in [1.54, 1.807) is 0 Å². The molecule has 1 aromatic rings. The third kappa shape index (κ3) is 3.67. The Labute approximate surface area is 116 Å². The van der Waals surface area contributed by atoms with Gasteiger partial charge >= 0.3 is 0 Å². The van der Waals surface area contributed by atoms with Crippen LogP contribution in [0.15, 0.2) is 18.3 Å². The maximum absolute atomic E-state index is 5.58. The lowest BCUT2D eigenvalue weighted by molar-refractivity contribution is 0.0924. The van der Waals surface area contributed by atoms with Crippen molar-refractivity contribution in [2.24, 2.45) is 0 Å². The molecule has 0 saturated carbocycles. The maximum Gasteiger partial charge on any atom is 0.133 e. The van der Waals surface area contributed by atoms with Crippen LogP contribution >= 0.6 is 0 Å². The van der Waals surface area contributed by atoms with Gasteiger partial charge in [-0.15, -0.1) is 0 Å². The van der Waals surface area contributed by atoms with Gasteiger partial charge in [0.2, 0.25) is 0 Å². The molecule has 1 atom stereocenters. The highest BCUT2D eigenvalue weighted by molar-refractivity contribution is 5.48. The molecule has 2 rings (SSSR count). The van der Waals surface area contributed by atoms with Gasteiger partial charge in [-0.25, -0.2) is 4.98 Å². The summed E-state index contributed by atoms with van der Waals surface area (Å²) in [5.41, 5.74) is 1.29. The standard InChI is InChI=1S/C15H25N3O/c1-3-7-16-11-13-6-5-8-17-15(13)18-9-10-19-12-14(18)4-2/h5-6,8,14,16H,3-4,7,9-12H2,1-2H3. The molecule has 1 unspecified atom stereocenters. The highest BCUT2D eigenvalue weighted by Crippen LogP contribution is 2.23. The number of hydrogen-bond donors (Lipinski definition) is 1. The maximum atomic E-state index is 5.58. The first kappa shape index (κ1) is 14.3. The predicted molar refractivity (Wildman–Crippen MR) is 78.5 cm³/mol. The molecule has 1 saturated heterocycles. The molecule has 1 aromatic heterocycles. The molecule has 0 amide bonds. The van der Waals surface area contributed by atoms with E-state index >= 15 is 0 Å². The van der Waals surface area contributed by atoms with Gasteiger partial charge in [0.05, 0.1) is 19.3 Å². The lowest BCUT2D eigenvalue weighted by atomic mass is 10.1. The second-order valence-electron chi connectivity index (χ2n) is 4.99. The molecule has 0 aromatic carbocycles. The molecule has 2 heterocycles. The third-order valence-electron chi connectivity index (χ3n) is 3.58. The minimum Gasteiger partial charge on any atom is -0.377 e. The van der Waals surface area contributed by atoms with Crippen LogP contribution in [-0.4, -0.2) is 37.3 Å². The fourth-order valence-electron chi connectivity index (χ4n) is 2.50. The lowest BCUT2D eigenvalue weighted by Crippen LogP contribution is -2.46. The first-order valence-electron chi connectivity index (χ1n) is 7.35. The molecule has 4 nitrogen and oxygen atoms in total. The first-order chi connectivity index (χ1) is 9.36. The SMILES string of the molecule is CCCNCc1cccnc1N1CCOCC1CC. The molecule has 0 radical (unpaired) electrons. The number of nitrogens with one attached hydrogen (secondary N) is 1. The van der Waals surface area contributed by atoms with Gasteiger partial charge in [0.1, 0.15) is 5.82 Å². The van der Waals surface area contributed by atoms with Gasteiger partial charge in [-0.3, -0.25) is 0 Å². The average molecular weight is 263 g/mol. The Morgan fingerprint density at radius 1 is 1.47 bits per heavy atom. The normalized spacial score (nSPS) is 19.7. The summed E-state index contributed by atoms with van der Waals surface area (Å²) in [6.07, 6.45) is 4.14. The topological polar surface area (TPSA) is 37.4 Å². The predicted octanol–water partition coefficient (Wildman–Crippen LogP) is 2.20. The highest BCUT2D eigenvalue weighted by Gasteiger charge is 2.24. The van der Waals surface area contributed by atoms with Crippen LogP contribution in [0.5, 0.6) is 0 Å². The van der Waals surface area contributed by atoms with Crippen LogP contribution in [0.3, 0.4) is 0 Å². The van der Waals surface area contributed by atoms with Gasteiger partial charge in [0.15, 0.2) is 0 Å². The van der Waals surface area contributed by atoms with E-state index in [4.69, 9.17) is 4.74 Å². The van der Waals surface area contributed by atoms with Gasteiger partial charge in [-0.2, -0.15) is 0 Å². The zero-order chi connectivity index (χ0) is 13.5. The van der Waals surface area contributed by atoms with Crippen LogP contribution in [0.4, 0.5) is 5.82 Å². The largest absolute Gasteiger partial charge is 0.377 e. The molecule has 1 fully saturated rings. The molecule has 0 aliphatic carbocycles. The van der Waals surface area contributed by atoms with E-state index in [2.05, 4.69) is 35.1 Å². The molecule has 0 bridgehead atoms. The van der Waals surface area contributed by atoms with E-state index in [1.807, 2.05) is 12.3 Å². The van der Waals surface area contributed by atoms with Crippen molar-refractivity contribution in [1.29, 1.82) is 0 Å². The van der Waals surface area contributed by atoms with Crippen LogP contribution in [0.2, 0.25) is 0 Å². The summed E-state index contributed by atoms with van der Waals surface area (Å²) < 4.78 is 5.58. The van der Waals surface area contributed by atoms with E-state index < -0.39 is 0 Å². The Hall–Kier alpha value is -1.13. The van der Waals surface area contributed by atoms with Crippen molar-refractivity contribution in [2.75, 3.05) is 31.2 Å². The summed E-state index contributed by atoms with van der Waals surface area (Å²) >= 11 is 0. The summed E-state index contributed by atoms with van der Waals surface area (Å²) in [6, 6.07) is 4.65. The van der Waals surface area contributed by atoms with Crippen LogP contribution in [0.1, 0.15) is 32.3 Å². The van der Waals surface area contributed by atoms with Crippen molar-refractivity contribution in [2.45, 2.75) is 39.3 Å². The summed E-state index contributed by atoms with van der Waals surface area (Å²) in [5, 5.41) is 3.47. The fourth-order valence-corrected chi connectivity index (χ4v) is 2.50. The molecular formula is C15H25N3O. The Morgan fingerprint density at radius 3 is 3.16 bits per heavy atom. The zero-order valence-electron chi connectivity index (χ0n) is 12.1. The van der Waals surface area contributed by atoms with Gasteiger partial charge < -0.3 is 15.0 Å². The van der Waals surface area contributed by atoms with Crippen molar-refractivity contribution in [3.63, 3.8) is 0 Å². The number of rotatable bonds is 6. The number of ether oxygens (including phenoxy) is 1. The van der Waals surface area contributed by atoms with E-state index in [9.17, 15) is 0 Å². The van der Waals surface area contributed by atoms with Crippen molar-refractivity contribution >= 4 is 5.82 Å². The first-order valence-corrected chi connectivity index (χ1v) is 7.35. The summed E-state index contributed by atoms with van der Waals surface area (Å²) in [4.78, 5) is 7.02. The smallest absolute Gasteiger partial charge is 0.133 e. The monoisotopic (exact) mass is 263 g/mol. The number of hydrogen-bond acceptors (Lipinski definition) is 4. The number of anilines is 1. The molecule has 19 heavy (non-hydrogen) atoms. The molecule has 1 aliphatic rings. The van der Waals surface area contributed by atoms with Crippen LogP contribution < -0.4 is 10.2 Å². The van der Waals surface area contributed by atoms with Gasteiger partial charge in [0.25, 0.3) is 0 Å². The molecule has 0 spiro atoms. The van der Waals surface area contributed by atoms with Crippen LogP contribution in [0.25, 0.3) is 0 Å². The Kier molecular flexibility index (Phi) is 5.61. The van der Waals surface area contributed by atoms with Gasteiger partial charge in [-0.1, -0.05) is 19.9 Å². The number of pyridine rings is 1. The second-order valence-corrected chi connectivity index (χ2v) is 4.99. The minimum atomic E-state index is 0.452. The van der Waals surface area contributed by atoms with E-state index in [0.29, 0.717) is 6.04 Å². The van der Waals surface area contributed by atoms with Crippen molar-refractivity contribution < 1.29 is 4.74 Å². The van der Waals surface area contributed by atoms with E-state index in [0.717, 1.165) is 51.5 Å². The van der Waals surface area contributed by atoms with Gasteiger partial charge in [-0.05, 0) is 25.5 Å². The number of morpholine rings is 1. The Bertz CT molecular complexity index is 383. The molecule has 106 valence electrons. The summed E-state index contributed by atoms with van der Waals surface area (Å²) in [6.45, 7) is 8.90. The van der Waals surface area contributed by atoms with Crippen molar-refractivity contribution in [1.82, 2.24) is 10.3 Å². The van der Waals surface area contributed by atoms with Gasteiger partial charge in [0, 0.05) is 24.8 Å². The van der Waals surface area contributed by atoms with Crippen LogP contribution in [0, 0.1) is 0 Å². The third-order valence-corrected chi connectivity index (χ3v) is 3.58. The quantitative estimate of drug-likeness (QED) is 0.798. The lowest BCUT2D eigenvalue weighted by Gasteiger charge is -2.37. The average Bonchev–Trinajstić information content (AvgIpc) is 2.48. The molecule has 1 aliphatic heterocycles. The minimum absolute atomic E-state index is 0.452. The number of nitrogens with zero attached hydrogens (tertiary/aromatic N) is 2. The van der Waals surface area contributed by atoms with Crippen LogP contribution in [-0.2, 0) is 11.3 Å². The summed E-state index contributed by atoms with van der Waals surface area (Å²) in [5.74, 6) is 1.13. The fraction of sp³-hybridized carbons (Fsp3) is 0.667. The molecule has 4 heteroatoms. The van der Waals surface area contributed by atoms with Crippen molar-refractivity contribution in [3.8, 4) is 0 Å². The Balaban J connectivity index is 2.12. The molecule has 1 N–H and O–H groups in total. The summed E-state index contributed by atoms with van der Waals surface area (Å²) in [7, 11) is 0. The van der Waals surface area contributed by atoms with E-state index in [1.165, 1.54) is 5.56 Å². The second kappa shape index (κ2) is 7.46. The Morgan fingerprint density at radius 2 is 2.37 bits per heavy atom. The van der Waals surface area contributed by atoms with E-state index in [-0.39, 0.29) is 0 Å². The zero-order valence-corrected chi connectivity index (χ0v) is 12.1. The number of aromatic nitrogens is 1. The molecular weight excluding hydrogens is 238 g/mol. The van der Waals surface area contributed by atoms with Crippen molar-refractivity contribution in [3.05, 3.63) is 23.9 Å².